The minimum atomic E-state index is -1.22. The fourth-order valence-electron chi connectivity index (χ4n) is 0.608. The molecule has 0 bridgehead atoms. The molecule has 0 rings (SSSR count). The molecule has 0 aromatic carbocycles. The maximum absolute atomic E-state index is 10.9. The fourth-order valence-corrected chi connectivity index (χ4v) is 1.11. The maximum Gasteiger partial charge on any atom is 0.249 e. The normalized spacial score (nSPS) is 11.5. The third kappa shape index (κ3) is 5.13. The first-order valence-electron chi connectivity index (χ1n) is 3.36. The molecule has 14 heavy (non-hydrogen) atoms. The molecule has 0 heterocycles. The minimum absolute atomic E-state index is 0.219. The van der Waals surface area contributed by atoms with E-state index < -0.39 is 21.3 Å². The Hall–Kier alpha value is -1.58. The largest absolute Gasteiger partial charge is 0.357 e. The number of likely N-dealkylation sites (N-methyl/N-ethyl adjacent to an activating group) is 1. The monoisotopic (exact) mass is 224 g/mol. The average Bonchev–Trinajstić information content (AvgIpc) is 2.10. The zero-order chi connectivity index (χ0) is 11.1. The number of rotatable bonds is 6. The Bertz CT molecular complexity index is 246. The minimum Gasteiger partial charge on any atom is -0.357 e. The molecule has 0 aromatic rings. The molecule has 0 radical (unpaired) electrons. The van der Waals surface area contributed by atoms with Gasteiger partial charge in [0, 0.05) is 7.05 Å². The summed E-state index contributed by atoms with van der Waals surface area (Å²) in [4.78, 5) is 30.9. The van der Waals surface area contributed by atoms with Crippen LogP contribution in [0.5, 0.6) is 0 Å². The summed E-state index contributed by atoms with van der Waals surface area (Å²) in [6.07, 6.45) is 0. The molecule has 0 fully saturated rings. The number of nitrogens with one attached hydrogen (secondary N) is 2. The second-order valence-electron chi connectivity index (χ2n) is 2.07. The number of hydrogen-bond acceptors (Lipinski definition) is 6. The molecule has 10 heteroatoms. The van der Waals surface area contributed by atoms with Crippen molar-refractivity contribution < 1.29 is 14.2 Å². The highest BCUT2D eigenvalue weighted by Crippen LogP contribution is 2.02. The lowest BCUT2D eigenvalue weighted by Crippen LogP contribution is -2.47. The van der Waals surface area contributed by atoms with E-state index in [9.17, 15) is 25.0 Å². The van der Waals surface area contributed by atoms with E-state index in [-0.39, 0.29) is 17.7 Å². The van der Waals surface area contributed by atoms with Crippen LogP contribution in [0.15, 0.2) is 0 Å². The molecule has 2 N–H and O–H groups in total. The van der Waals surface area contributed by atoms with E-state index in [0.717, 1.165) is 0 Å². The lowest BCUT2D eigenvalue weighted by molar-refractivity contribution is -0.547. The van der Waals surface area contributed by atoms with E-state index in [1.165, 1.54) is 7.05 Å². The smallest absolute Gasteiger partial charge is 0.249 e. The van der Waals surface area contributed by atoms with Gasteiger partial charge in [-0.15, -0.1) is 5.43 Å². The highest BCUT2D eigenvalue weighted by molar-refractivity contribution is 7.93. The van der Waals surface area contributed by atoms with Crippen molar-refractivity contribution in [3.63, 3.8) is 0 Å². The number of amides is 1. The Morgan fingerprint density at radius 1 is 1.50 bits per heavy atom. The molecule has 1 atom stereocenters. The number of hydrogen-bond donors (Lipinski definition) is 2. The molecule has 0 saturated carbocycles. The number of hydrazine groups is 1. The van der Waals surface area contributed by atoms with Crippen LogP contribution < -0.4 is 10.7 Å². The van der Waals surface area contributed by atoms with Gasteiger partial charge in [-0.25, -0.2) is 10.1 Å². The van der Waals surface area contributed by atoms with Gasteiger partial charge in [0.2, 0.25) is 17.9 Å². The van der Waals surface area contributed by atoms with Crippen LogP contribution in [0.2, 0.25) is 0 Å². The first-order chi connectivity index (χ1) is 6.47. The lowest BCUT2D eigenvalue weighted by atomic mass is 10.3. The van der Waals surface area contributed by atoms with Crippen LogP contribution in [-0.2, 0) is 4.79 Å². The van der Waals surface area contributed by atoms with Gasteiger partial charge in [0.05, 0.1) is 5.75 Å². The second-order valence-corrected chi connectivity index (χ2v) is 2.96. The van der Waals surface area contributed by atoms with Crippen molar-refractivity contribution in [2.24, 2.45) is 0 Å². The van der Waals surface area contributed by atoms with E-state index in [2.05, 4.69) is 5.32 Å². The SMILES string of the molecule is CNC(=O)C(CS[N+](=O)[O-])N[N+](=O)[O-]. The molecule has 80 valence electrons. The Balaban J connectivity index is 4.17. The Kier molecular flexibility index (Phi) is 5.29. The molecule has 0 spiro atoms. The third-order valence-electron chi connectivity index (χ3n) is 1.17. The van der Waals surface area contributed by atoms with Crippen molar-refractivity contribution in [3.05, 3.63) is 20.2 Å². The highest BCUT2D eigenvalue weighted by atomic mass is 32.2. The van der Waals surface area contributed by atoms with Crippen LogP contribution in [-0.4, -0.2) is 34.1 Å². The summed E-state index contributed by atoms with van der Waals surface area (Å²) >= 11 is 0.219. The van der Waals surface area contributed by atoms with Gasteiger partial charge in [0.15, 0.2) is 11.1 Å². The third-order valence-corrected chi connectivity index (χ3v) is 1.86. The standard InChI is InChI=1S/C4H8N4O5S/c1-5-4(9)3(6-7(10)11)2-14-8(12)13/h3,6H,2H2,1H3,(H,5,9). The summed E-state index contributed by atoms with van der Waals surface area (Å²) in [7, 11) is 1.29. The van der Waals surface area contributed by atoms with E-state index in [1.807, 2.05) is 0 Å². The van der Waals surface area contributed by atoms with Gasteiger partial charge in [0.1, 0.15) is 4.33 Å². The molecule has 1 unspecified atom stereocenters. The van der Waals surface area contributed by atoms with Crippen molar-refractivity contribution in [2.75, 3.05) is 12.8 Å². The van der Waals surface area contributed by atoms with Crippen molar-refractivity contribution >= 4 is 17.9 Å². The summed E-state index contributed by atoms with van der Waals surface area (Å²) in [5.41, 5.74) is 1.67. The molecule has 0 aliphatic rings. The van der Waals surface area contributed by atoms with E-state index in [4.69, 9.17) is 0 Å². The van der Waals surface area contributed by atoms with Gasteiger partial charge in [-0.1, -0.05) is 0 Å². The molecule has 1 amide bonds. The van der Waals surface area contributed by atoms with E-state index in [1.54, 1.807) is 5.43 Å². The topological polar surface area (TPSA) is 127 Å². The Morgan fingerprint density at radius 2 is 2.07 bits per heavy atom. The van der Waals surface area contributed by atoms with Crippen molar-refractivity contribution in [3.8, 4) is 0 Å². The van der Waals surface area contributed by atoms with E-state index >= 15 is 0 Å². The Labute approximate surface area is 82.6 Å². The van der Waals surface area contributed by atoms with Gasteiger partial charge in [0.25, 0.3) is 0 Å². The summed E-state index contributed by atoms with van der Waals surface area (Å²) in [6, 6.07) is -1.22. The maximum atomic E-state index is 10.9. The summed E-state index contributed by atoms with van der Waals surface area (Å²) in [5, 5.41) is 21.2. The van der Waals surface area contributed by atoms with Gasteiger partial charge >= 0.3 is 0 Å². The predicted molar refractivity (Wildman–Crippen MR) is 47.4 cm³/mol. The number of carbonyl (C=O) groups excluding carboxylic acids is 1. The molecule has 9 nitrogen and oxygen atoms in total. The highest BCUT2D eigenvalue weighted by Gasteiger charge is 2.25. The van der Waals surface area contributed by atoms with Gasteiger partial charge in [-0.2, -0.15) is 0 Å². The van der Waals surface area contributed by atoms with Crippen LogP contribution in [0.4, 0.5) is 0 Å². The number of nitrogens with zero attached hydrogens (tertiary/aromatic N) is 2. The lowest BCUT2D eigenvalue weighted by Gasteiger charge is -2.08. The van der Waals surface area contributed by atoms with Gasteiger partial charge in [-0.3, -0.25) is 14.9 Å². The molecule has 0 aliphatic carbocycles. The van der Waals surface area contributed by atoms with Gasteiger partial charge < -0.3 is 5.32 Å². The van der Waals surface area contributed by atoms with Crippen LogP contribution in [0.1, 0.15) is 0 Å². The van der Waals surface area contributed by atoms with Gasteiger partial charge in [-0.05, 0) is 0 Å². The van der Waals surface area contributed by atoms with Crippen LogP contribution in [0.3, 0.4) is 0 Å². The predicted octanol–water partition coefficient (Wildman–Crippen LogP) is -1.19. The Morgan fingerprint density at radius 3 is 2.43 bits per heavy atom. The van der Waals surface area contributed by atoms with Crippen molar-refractivity contribution in [1.82, 2.24) is 10.7 Å². The molecular weight excluding hydrogens is 216 g/mol. The van der Waals surface area contributed by atoms with Crippen LogP contribution >= 0.6 is 11.9 Å². The average molecular weight is 224 g/mol. The fraction of sp³-hybridized carbons (Fsp3) is 0.750. The summed E-state index contributed by atoms with van der Waals surface area (Å²) in [5.74, 6) is -0.982. The van der Waals surface area contributed by atoms with Crippen molar-refractivity contribution in [2.45, 2.75) is 6.04 Å². The molecular formula is C4H8N4O5S. The molecule has 0 saturated heterocycles. The van der Waals surface area contributed by atoms with Crippen molar-refractivity contribution in [1.29, 1.82) is 0 Å². The number of nitro groups is 2. The molecule has 0 aromatic heterocycles. The molecule has 0 aliphatic heterocycles. The number of carbonyl (C=O) groups is 1. The summed E-state index contributed by atoms with van der Waals surface area (Å²) < 4.78 is -0.725. The quantitative estimate of drug-likeness (QED) is 0.329. The van der Waals surface area contributed by atoms with E-state index in [0.29, 0.717) is 0 Å². The summed E-state index contributed by atoms with van der Waals surface area (Å²) in [6.45, 7) is 0. The zero-order valence-corrected chi connectivity index (χ0v) is 7.94. The van der Waals surface area contributed by atoms with Crippen LogP contribution in [0.25, 0.3) is 0 Å². The first-order valence-corrected chi connectivity index (χ1v) is 4.31. The van der Waals surface area contributed by atoms with Crippen LogP contribution in [0, 0.1) is 20.2 Å². The zero-order valence-electron chi connectivity index (χ0n) is 7.13. The first kappa shape index (κ1) is 12.4. The second kappa shape index (κ2) is 5.96.